The highest BCUT2D eigenvalue weighted by atomic mass is 16.5. The van der Waals surface area contributed by atoms with Crippen molar-refractivity contribution in [3.8, 4) is 0 Å². The molecule has 0 spiro atoms. The molecule has 10 heteroatoms. The molecule has 0 aliphatic rings. The molecular formula is C17H31N3O7. The summed E-state index contributed by atoms with van der Waals surface area (Å²) in [5.41, 5.74) is 0. The van der Waals surface area contributed by atoms with E-state index in [4.69, 9.17) is 14.6 Å². The van der Waals surface area contributed by atoms with E-state index in [1.807, 2.05) is 13.8 Å². The molecule has 0 aliphatic heterocycles. The van der Waals surface area contributed by atoms with Crippen LogP contribution in [0.3, 0.4) is 0 Å². The summed E-state index contributed by atoms with van der Waals surface area (Å²) in [6.45, 7) is 6.23. The van der Waals surface area contributed by atoms with Gasteiger partial charge in [-0.3, -0.25) is 19.2 Å². The van der Waals surface area contributed by atoms with E-state index in [0.717, 1.165) is 0 Å². The molecule has 0 saturated carbocycles. The van der Waals surface area contributed by atoms with E-state index in [-0.39, 0.29) is 25.0 Å². The Balaban J connectivity index is 4.75. The van der Waals surface area contributed by atoms with Crippen molar-refractivity contribution in [3.05, 3.63) is 0 Å². The van der Waals surface area contributed by atoms with E-state index >= 15 is 0 Å². The zero-order valence-corrected chi connectivity index (χ0v) is 16.4. The topological polar surface area (TPSA) is 143 Å². The molecule has 0 fully saturated rings. The molecule has 156 valence electrons. The van der Waals surface area contributed by atoms with E-state index in [0.29, 0.717) is 19.6 Å². The molecule has 0 rings (SSSR count). The first-order valence-electron chi connectivity index (χ1n) is 8.81. The molecule has 10 nitrogen and oxygen atoms in total. The molecule has 0 aromatic rings. The fraction of sp³-hybridized carbons (Fsp3) is 0.765. The van der Waals surface area contributed by atoms with Gasteiger partial charge in [0.15, 0.2) is 0 Å². The van der Waals surface area contributed by atoms with Crippen LogP contribution in [0.4, 0.5) is 0 Å². The molecule has 2 atom stereocenters. The highest BCUT2D eigenvalue weighted by Crippen LogP contribution is 2.06. The summed E-state index contributed by atoms with van der Waals surface area (Å²) in [7, 11) is 1.54. The molecule has 3 amide bonds. The zero-order valence-electron chi connectivity index (χ0n) is 16.4. The Morgan fingerprint density at radius 1 is 0.963 bits per heavy atom. The number of ether oxygens (including phenoxy) is 2. The first kappa shape index (κ1) is 24.8. The van der Waals surface area contributed by atoms with Crippen LogP contribution in [0.5, 0.6) is 0 Å². The van der Waals surface area contributed by atoms with E-state index in [2.05, 4.69) is 16.0 Å². The Bertz CT molecular complexity index is 497. The summed E-state index contributed by atoms with van der Waals surface area (Å²) in [6, 6.07) is -2.10. The van der Waals surface area contributed by atoms with Crippen LogP contribution >= 0.6 is 0 Å². The molecule has 4 N–H and O–H groups in total. The molecule has 0 aromatic heterocycles. The maximum absolute atomic E-state index is 12.4. The molecule has 0 radical (unpaired) electrons. The van der Waals surface area contributed by atoms with Crippen LogP contribution in [-0.2, 0) is 28.7 Å². The first-order valence-corrected chi connectivity index (χ1v) is 8.81. The number of carbonyl (C=O) groups is 4. The number of nitrogens with one attached hydrogen (secondary N) is 3. The van der Waals surface area contributed by atoms with Crippen LogP contribution in [0.1, 0.15) is 33.6 Å². The zero-order chi connectivity index (χ0) is 20.8. The number of methoxy groups -OCH3 is 1. The van der Waals surface area contributed by atoms with Gasteiger partial charge in [-0.25, -0.2) is 0 Å². The van der Waals surface area contributed by atoms with E-state index in [1.165, 1.54) is 14.0 Å². The van der Waals surface area contributed by atoms with Gasteiger partial charge in [0.1, 0.15) is 12.1 Å². The van der Waals surface area contributed by atoms with Crippen molar-refractivity contribution in [1.82, 2.24) is 16.0 Å². The molecule has 0 heterocycles. The van der Waals surface area contributed by atoms with Gasteiger partial charge in [-0.15, -0.1) is 0 Å². The standard InChI is InChI=1S/C17H31N3O7/c1-11(2)9-13(19-12(3)21)17(25)20-14(10-15(22)23)16(24)18-5-6-27-8-7-26-4/h11,13-14H,5-10H2,1-4H3,(H,18,24)(H,19,21)(H,20,25)(H,22,23)/t13-,14-/m0/s1. The van der Waals surface area contributed by atoms with E-state index < -0.39 is 36.3 Å². The predicted molar refractivity (Wildman–Crippen MR) is 96.9 cm³/mol. The highest BCUT2D eigenvalue weighted by molar-refractivity contribution is 5.93. The number of carbonyl (C=O) groups excluding carboxylic acids is 3. The molecule has 27 heavy (non-hydrogen) atoms. The number of hydrogen-bond acceptors (Lipinski definition) is 6. The summed E-state index contributed by atoms with van der Waals surface area (Å²) in [6.07, 6.45) is -0.212. The Hall–Kier alpha value is -2.20. The van der Waals surface area contributed by atoms with Crippen LogP contribution in [0.15, 0.2) is 0 Å². The third-order valence-corrected chi connectivity index (χ3v) is 3.39. The van der Waals surface area contributed by atoms with Crippen LogP contribution in [-0.4, -0.2) is 74.4 Å². The SMILES string of the molecule is COCCOCCNC(=O)[C@H](CC(=O)O)NC(=O)[C@H](CC(C)C)NC(C)=O. The first-order chi connectivity index (χ1) is 12.7. The van der Waals surface area contributed by atoms with Gasteiger partial charge < -0.3 is 30.5 Å². The lowest BCUT2D eigenvalue weighted by molar-refractivity contribution is -0.141. The van der Waals surface area contributed by atoms with Crippen LogP contribution in [0, 0.1) is 5.92 Å². The largest absolute Gasteiger partial charge is 0.481 e. The number of carboxylic acids is 1. The normalized spacial score (nSPS) is 12.9. The molecule has 0 unspecified atom stereocenters. The van der Waals surface area contributed by atoms with E-state index in [9.17, 15) is 19.2 Å². The van der Waals surface area contributed by atoms with Crippen molar-refractivity contribution in [2.75, 3.05) is 33.5 Å². The molecule has 0 saturated heterocycles. The van der Waals surface area contributed by atoms with Gasteiger partial charge in [-0.1, -0.05) is 13.8 Å². The second kappa shape index (κ2) is 13.9. The second-order valence-corrected chi connectivity index (χ2v) is 6.44. The number of amides is 3. The van der Waals surface area contributed by atoms with E-state index in [1.54, 1.807) is 0 Å². The lowest BCUT2D eigenvalue weighted by Crippen LogP contribution is -2.54. The monoisotopic (exact) mass is 389 g/mol. The maximum atomic E-state index is 12.4. The minimum atomic E-state index is -1.25. The smallest absolute Gasteiger partial charge is 0.305 e. The lowest BCUT2D eigenvalue weighted by atomic mass is 10.0. The molecule has 0 aliphatic carbocycles. The van der Waals surface area contributed by atoms with Crippen LogP contribution in [0.25, 0.3) is 0 Å². The summed E-state index contributed by atoms with van der Waals surface area (Å²) < 4.78 is 10.0. The predicted octanol–water partition coefficient (Wildman–Crippen LogP) is -0.724. The van der Waals surface area contributed by atoms with Crippen molar-refractivity contribution in [2.24, 2.45) is 5.92 Å². The summed E-state index contributed by atoms with van der Waals surface area (Å²) in [5.74, 6) is -2.73. The summed E-state index contributed by atoms with van der Waals surface area (Å²) >= 11 is 0. The van der Waals surface area contributed by atoms with Crippen molar-refractivity contribution >= 4 is 23.7 Å². The number of carboxylic acid groups (broad SMARTS) is 1. The van der Waals surface area contributed by atoms with Gasteiger partial charge >= 0.3 is 5.97 Å². The number of aliphatic carboxylic acids is 1. The van der Waals surface area contributed by atoms with Gasteiger partial charge in [-0.05, 0) is 12.3 Å². The lowest BCUT2D eigenvalue weighted by Gasteiger charge is -2.23. The van der Waals surface area contributed by atoms with Crippen LogP contribution in [0.2, 0.25) is 0 Å². The third kappa shape index (κ3) is 12.7. The van der Waals surface area contributed by atoms with Gasteiger partial charge in [-0.2, -0.15) is 0 Å². The highest BCUT2D eigenvalue weighted by Gasteiger charge is 2.28. The minimum absolute atomic E-state index is 0.114. The van der Waals surface area contributed by atoms with Crippen molar-refractivity contribution in [2.45, 2.75) is 45.7 Å². The third-order valence-electron chi connectivity index (χ3n) is 3.39. The fourth-order valence-electron chi connectivity index (χ4n) is 2.22. The fourth-order valence-corrected chi connectivity index (χ4v) is 2.22. The average molecular weight is 389 g/mol. The molecule has 0 aromatic carbocycles. The van der Waals surface area contributed by atoms with Gasteiger partial charge in [0.25, 0.3) is 0 Å². The Labute approximate surface area is 159 Å². The van der Waals surface area contributed by atoms with Crippen molar-refractivity contribution in [3.63, 3.8) is 0 Å². The van der Waals surface area contributed by atoms with Crippen molar-refractivity contribution in [1.29, 1.82) is 0 Å². The van der Waals surface area contributed by atoms with Gasteiger partial charge in [0.2, 0.25) is 17.7 Å². The number of rotatable bonds is 14. The van der Waals surface area contributed by atoms with Gasteiger partial charge in [0, 0.05) is 20.6 Å². The minimum Gasteiger partial charge on any atom is -0.481 e. The average Bonchev–Trinajstić information content (AvgIpc) is 2.55. The van der Waals surface area contributed by atoms with Crippen molar-refractivity contribution < 1.29 is 33.8 Å². The summed E-state index contributed by atoms with van der Waals surface area (Å²) in [4.78, 5) is 47.0. The maximum Gasteiger partial charge on any atom is 0.305 e. The summed E-state index contributed by atoms with van der Waals surface area (Å²) in [5, 5.41) is 16.5. The second-order valence-electron chi connectivity index (χ2n) is 6.44. The Morgan fingerprint density at radius 3 is 2.15 bits per heavy atom. The number of hydrogen-bond donors (Lipinski definition) is 4. The molecular weight excluding hydrogens is 358 g/mol. The Morgan fingerprint density at radius 2 is 1.63 bits per heavy atom. The molecule has 0 bridgehead atoms. The van der Waals surface area contributed by atoms with Gasteiger partial charge in [0.05, 0.1) is 26.2 Å². The van der Waals surface area contributed by atoms with Crippen LogP contribution < -0.4 is 16.0 Å². The Kier molecular flexibility index (Phi) is 12.8. The quantitative estimate of drug-likeness (QED) is 0.287.